The first kappa shape index (κ1) is 22.5. The summed E-state index contributed by atoms with van der Waals surface area (Å²) in [6.45, 7) is 11.6. The second-order valence-electron chi connectivity index (χ2n) is 9.89. The maximum atomic E-state index is 12.9. The molecule has 3 rings (SSSR count). The quantitative estimate of drug-likeness (QED) is 0.747. The van der Waals surface area contributed by atoms with Crippen LogP contribution in [0, 0.1) is 23.2 Å². The molecule has 2 atom stereocenters. The van der Waals surface area contributed by atoms with Crippen LogP contribution in [0.5, 0.6) is 0 Å². The van der Waals surface area contributed by atoms with E-state index in [1.807, 2.05) is 38.8 Å². The monoisotopic (exact) mass is 416 g/mol. The molecular weight excluding hydrogens is 380 g/mol. The molecule has 30 heavy (non-hydrogen) atoms. The number of nitrogens with one attached hydrogen (secondary N) is 1. The number of carbonyl (C=O) groups is 2. The summed E-state index contributed by atoms with van der Waals surface area (Å²) in [5.74, 6) is 1.39. The van der Waals surface area contributed by atoms with E-state index in [9.17, 15) is 9.59 Å². The third kappa shape index (κ3) is 5.10. The van der Waals surface area contributed by atoms with Gasteiger partial charge in [0.05, 0.1) is 0 Å². The van der Waals surface area contributed by atoms with Gasteiger partial charge in [0.1, 0.15) is 11.4 Å². The number of ether oxygens (including phenoxy) is 1. The molecular formula is C23H36N4O3. The van der Waals surface area contributed by atoms with E-state index in [4.69, 9.17) is 15.1 Å². The zero-order valence-electron chi connectivity index (χ0n) is 19.0. The average Bonchev–Trinajstić information content (AvgIpc) is 2.83. The van der Waals surface area contributed by atoms with Crippen molar-refractivity contribution in [3.8, 4) is 0 Å². The summed E-state index contributed by atoms with van der Waals surface area (Å²) in [5, 5.41) is 8.60. The van der Waals surface area contributed by atoms with Crippen molar-refractivity contribution in [3.63, 3.8) is 0 Å². The Labute approximate surface area is 180 Å². The highest BCUT2D eigenvalue weighted by molar-refractivity contribution is 6.03. The van der Waals surface area contributed by atoms with E-state index in [-0.39, 0.29) is 23.8 Å². The van der Waals surface area contributed by atoms with Crippen molar-refractivity contribution in [2.45, 2.75) is 72.3 Å². The molecule has 0 aromatic heterocycles. The van der Waals surface area contributed by atoms with Gasteiger partial charge in [0, 0.05) is 43.6 Å². The molecule has 0 spiro atoms. The van der Waals surface area contributed by atoms with Gasteiger partial charge in [-0.2, -0.15) is 0 Å². The molecule has 3 heterocycles. The predicted octanol–water partition coefficient (Wildman–Crippen LogP) is 4.23. The van der Waals surface area contributed by atoms with Crippen LogP contribution >= 0.6 is 0 Å². The topological polar surface area (TPSA) is 86.1 Å². The van der Waals surface area contributed by atoms with Crippen LogP contribution in [0.15, 0.2) is 16.4 Å². The van der Waals surface area contributed by atoms with Gasteiger partial charge in [0.25, 0.3) is 0 Å². The molecule has 7 heteroatoms. The van der Waals surface area contributed by atoms with Crippen LogP contribution in [0.4, 0.5) is 4.79 Å². The number of hydrogen-bond acceptors (Lipinski definition) is 5. The molecule has 0 aliphatic carbocycles. The Morgan fingerprint density at radius 3 is 2.53 bits per heavy atom. The SMILES string of the molecule is CCC1C=NC2=C(C(=N)C1)C(C)CC(=O)N2CC1CCN(C(=O)OC(C)(C)C)CC1. The van der Waals surface area contributed by atoms with Crippen molar-refractivity contribution in [1.82, 2.24) is 9.80 Å². The Bertz CT molecular complexity index is 757. The number of piperidine rings is 1. The zero-order chi connectivity index (χ0) is 22.1. The van der Waals surface area contributed by atoms with Crippen LogP contribution in [0.1, 0.15) is 66.7 Å². The minimum Gasteiger partial charge on any atom is -0.444 e. The molecule has 3 aliphatic rings. The van der Waals surface area contributed by atoms with E-state index >= 15 is 0 Å². The number of carbonyl (C=O) groups excluding carboxylic acids is 2. The molecule has 1 N–H and O–H groups in total. The van der Waals surface area contributed by atoms with Crippen LogP contribution < -0.4 is 0 Å². The Balaban J connectivity index is 1.69. The fourth-order valence-electron chi connectivity index (χ4n) is 4.45. The highest BCUT2D eigenvalue weighted by atomic mass is 16.6. The normalized spacial score (nSPS) is 26.0. The van der Waals surface area contributed by atoms with Crippen molar-refractivity contribution in [3.05, 3.63) is 11.4 Å². The Morgan fingerprint density at radius 2 is 1.93 bits per heavy atom. The maximum Gasteiger partial charge on any atom is 0.410 e. The van der Waals surface area contributed by atoms with E-state index < -0.39 is 5.60 Å². The molecule has 2 unspecified atom stereocenters. The first-order valence-electron chi connectivity index (χ1n) is 11.2. The summed E-state index contributed by atoms with van der Waals surface area (Å²) >= 11 is 0. The van der Waals surface area contributed by atoms with Gasteiger partial charge in [0.15, 0.2) is 0 Å². The Morgan fingerprint density at radius 1 is 1.27 bits per heavy atom. The number of amides is 2. The summed E-state index contributed by atoms with van der Waals surface area (Å²) in [6, 6.07) is 0. The number of rotatable bonds is 3. The minimum atomic E-state index is -0.494. The van der Waals surface area contributed by atoms with Gasteiger partial charge in [-0.05, 0) is 64.2 Å². The van der Waals surface area contributed by atoms with Crippen LogP contribution in [-0.4, -0.2) is 59.0 Å². The second-order valence-corrected chi connectivity index (χ2v) is 9.89. The molecule has 1 saturated heterocycles. The highest BCUT2D eigenvalue weighted by Gasteiger charge is 2.37. The summed E-state index contributed by atoms with van der Waals surface area (Å²) < 4.78 is 5.48. The summed E-state index contributed by atoms with van der Waals surface area (Å²) in [4.78, 5) is 33.5. The lowest BCUT2D eigenvalue weighted by atomic mass is 9.86. The third-order valence-electron chi connectivity index (χ3n) is 6.20. The average molecular weight is 417 g/mol. The van der Waals surface area contributed by atoms with Gasteiger partial charge in [-0.25, -0.2) is 9.79 Å². The highest BCUT2D eigenvalue weighted by Crippen LogP contribution is 2.35. The first-order valence-corrected chi connectivity index (χ1v) is 11.2. The molecule has 2 amide bonds. The van der Waals surface area contributed by atoms with E-state index in [1.165, 1.54) is 0 Å². The van der Waals surface area contributed by atoms with Crippen LogP contribution in [0.3, 0.4) is 0 Å². The minimum absolute atomic E-state index is 0.0398. The summed E-state index contributed by atoms with van der Waals surface area (Å²) in [6.07, 6.45) is 5.41. The van der Waals surface area contributed by atoms with Crippen LogP contribution in [0.25, 0.3) is 0 Å². The van der Waals surface area contributed by atoms with E-state index in [2.05, 4.69) is 6.92 Å². The van der Waals surface area contributed by atoms with Gasteiger partial charge in [0.2, 0.25) is 5.91 Å². The van der Waals surface area contributed by atoms with Crippen LogP contribution in [-0.2, 0) is 9.53 Å². The van der Waals surface area contributed by atoms with Gasteiger partial charge in [-0.1, -0.05) is 13.8 Å². The number of hydrogen-bond donors (Lipinski definition) is 1. The number of allylic oxidation sites excluding steroid dienone is 1. The molecule has 3 aliphatic heterocycles. The molecule has 0 aromatic carbocycles. The fourth-order valence-corrected chi connectivity index (χ4v) is 4.45. The lowest BCUT2D eigenvalue weighted by molar-refractivity contribution is -0.131. The van der Waals surface area contributed by atoms with E-state index in [1.54, 1.807) is 4.90 Å². The number of likely N-dealkylation sites (tertiary alicyclic amines) is 1. The van der Waals surface area contributed by atoms with E-state index in [0.29, 0.717) is 49.9 Å². The van der Waals surface area contributed by atoms with Crippen molar-refractivity contribution in [2.75, 3.05) is 19.6 Å². The largest absolute Gasteiger partial charge is 0.444 e. The summed E-state index contributed by atoms with van der Waals surface area (Å²) in [7, 11) is 0. The Hall–Kier alpha value is -2.18. The molecule has 0 aromatic rings. The van der Waals surface area contributed by atoms with Crippen molar-refractivity contribution in [1.29, 1.82) is 5.41 Å². The molecule has 1 fully saturated rings. The lowest BCUT2D eigenvalue weighted by Crippen LogP contribution is -2.45. The smallest absolute Gasteiger partial charge is 0.410 e. The molecule has 0 radical (unpaired) electrons. The van der Waals surface area contributed by atoms with Gasteiger partial charge in [-0.15, -0.1) is 0 Å². The zero-order valence-corrected chi connectivity index (χ0v) is 19.0. The fraction of sp³-hybridized carbons (Fsp3) is 0.739. The maximum absolute atomic E-state index is 12.9. The van der Waals surface area contributed by atoms with Crippen molar-refractivity contribution in [2.24, 2.45) is 22.7 Å². The predicted molar refractivity (Wildman–Crippen MR) is 118 cm³/mol. The van der Waals surface area contributed by atoms with Crippen molar-refractivity contribution < 1.29 is 14.3 Å². The van der Waals surface area contributed by atoms with Gasteiger partial charge >= 0.3 is 6.09 Å². The second kappa shape index (κ2) is 8.90. The van der Waals surface area contributed by atoms with Crippen LogP contribution in [0.2, 0.25) is 0 Å². The van der Waals surface area contributed by atoms with E-state index in [0.717, 1.165) is 24.8 Å². The molecule has 166 valence electrons. The van der Waals surface area contributed by atoms with Gasteiger partial charge in [-0.3, -0.25) is 9.69 Å². The lowest BCUT2D eigenvalue weighted by Gasteiger charge is -2.38. The number of aliphatic imine (C=N–C) groups is 1. The first-order chi connectivity index (χ1) is 14.1. The summed E-state index contributed by atoms with van der Waals surface area (Å²) in [5.41, 5.74) is 1.07. The standard InChI is InChI=1S/C23H36N4O3/c1-6-16-12-18(24)20-15(2)11-19(28)27(21(20)25-13-16)14-17-7-9-26(10-8-17)22(29)30-23(3,4)5/h13,15-17,24H,6-12,14H2,1-5H3. The number of nitrogens with zero attached hydrogens (tertiary/aromatic N) is 3. The van der Waals surface area contributed by atoms with Crippen molar-refractivity contribution >= 4 is 23.9 Å². The molecule has 7 nitrogen and oxygen atoms in total. The van der Waals surface area contributed by atoms with Gasteiger partial charge < -0.3 is 15.0 Å². The molecule has 0 bridgehead atoms. The Kier molecular flexibility index (Phi) is 6.68. The third-order valence-corrected chi connectivity index (χ3v) is 6.20. The molecule has 0 saturated carbocycles.